The maximum Gasteiger partial charge on any atom is 0.338 e. The van der Waals surface area contributed by atoms with Crippen LogP contribution in [-0.4, -0.2) is 19.7 Å². The summed E-state index contributed by atoms with van der Waals surface area (Å²) in [6.45, 7) is 2.06. The van der Waals surface area contributed by atoms with Gasteiger partial charge >= 0.3 is 5.97 Å². The fraction of sp³-hybridized carbons (Fsp3) is 0.273. The van der Waals surface area contributed by atoms with Crippen molar-refractivity contribution in [1.29, 1.82) is 5.26 Å². The third kappa shape index (κ3) is 2.47. The molecule has 0 aliphatic heterocycles. The van der Waals surface area contributed by atoms with Crippen LogP contribution in [0.1, 0.15) is 22.8 Å². The molecule has 0 atom stereocenters. The minimum absolute atomic E-state index is 0.321. The summed E-state index contributed by atoms with van der Waals surface area (Å²) in [7, 11) is 1.45. The van der Waals surface area contributed by atoms with Crippen LogP contribution in [-0.2, 0) is 4.74 Å². The molecule has 0 spiro atoms. The molecule has 0 heterocycles. The van der Waals surface area contributed by atoms with Crippen molar-refractivity contribution >= 4 is 5.97 Å². The summed E-state index contributed by atoms with van der Waals surface area (Å²) in [5.74, 6) is -0.0386. The Bertz CT molecular complexity index is 407. The molecule has 1 aromatic carbocycles. The average Bonchev–Trinajstić information content (AvgIpc) is 2.28. The third-order valence-electron chi connectivity index (χ3n) is 1.83. The molecule has 0 bridgehead atoms. The maximum atomic E-state index is 11.4. The molecule has 1 rings (SSSR count). The molecule has 0 fully saturated rings. The first kappa shape index (κ1) is 11.1. The van der Waals surface area contributed by atoms with E-state index in [1.165, 1.54) is 19.2 Å². The molecular formula is C11H11NO3. The molecule has 0 aliphatic rings. The van der Waals surface area contributed by atoms with E-state index in [2.05, 4.69) is 0 Å². The molecule has 0 amide bonds. The van der Waals surface area contributed by atoms with Crippen LogP contribution in [0.5, 0.6) is 5.75 Å². The second-order valence-electron chi connectivity index (χ2n) is 2.75. The molecule has 1 aromatic rings. The highest BCUT2D eigenvalue weighted by Gasteiger charge is 2.10. The van der Waals surface area contributed by atoms with Gasteiger partial charge in [-0.1, -0.05) is 0 Å². The Morgan fingerprint density at radius 1 is 1.53 bits per heavy atom. The Morgan fingerprint density at radius 3 is 2.80 bits per heavy atom. The Hall–Kier alpha value is -2.02. The zero-order chi connectivity index (χ0) is 11.3. The summed E-state index contributed by atoms with van der Waals surface area (Å²) < 4.78 is 9.80. The fourth-order valence-corrected chi connectivity index (χ4v) is 1.12. The van der Waals surface area contributed by atoms with Crippen LogP contribution >= 0.6 is 0 Å². The van der Waals surface area contributed by atoms with Crippen molar-refractivity contribution in [3.63, 3.8) is 0 Å². The van der Waals surface area contributed by atoms with Crippen LogP contribution in [0.2, 0.25) is 0 Å². The average molecular weight is 205 g/mol. The molecule has 78 valence electrons. The van der Waals surface area contributed by atoms with Gasteiger partial charge in [0, 0.05) is 0 Å². The zero-order valence-electron chi connectivity index (χ0n) is 8.61. The van der Waals surface area contributed by atoms with Crippen LogP contribution in [0.15, 0.2) is 18.2 Å². The number of rotatable bonds is 3. The second-order valence-corrected chi connectivity index (χ2v) is 2.75. The molecule has 15 heavy (non-hydrogen) atoms. The van der Waals surface area contributed by atoms with Gasteiger partial charge in [0.1, 0.15) is 11.8 Å². The standard InChI is InChI=1S/C11H11NO3/c1-3-15-11(13)8-4-5-9(7-12)10(6-8)14-2/h4-6H,3H2,1-2H3. The lowest BCUT2D eigenvalue weighted by Gasteiger charge is -2.05. The molecular weight excluding hydrogens is 194 g/mol. The summed E-state index contributed by atoms with van der Waals surface area (Å²) in [4.78, 5) is 11.4. The lowest BCUT2D eigenvalue weighted by Crippen LogP contribution is -2.05. The first-order valence-electron chi connectivity index (χ1n) is 4.48. The van der Waals surface area contributed by atoms with Gasteiger partial charge in [0.2, 0.25) is 0 Å². The number of ether oxygens (including phenoxy) is 2. The lowest BCUT2D eigenvalue weighted by molar-refractivity contribution is 0.0526. The van der Waals surface area contributed by atoms with E-state index in [9.17, 15) is 4.79 Å². The topological polar surface area (TPSA) is 59.3 Å². The second kappa shape index (κ2) is 5.01. The molecule has 0 unspecified atom stereocenters. The Morgan fingerprint density at radius 2 is 2.27 bits per heavy atom. The number of carbonyl (C=O) groups excluding carboxylic acids is 1. The molecule has 0 saturated carbocycles. The number of methoxy groups -OCH3 is 1. The van der Waals surface area contributed by atoms with E-state index in [1.54, 1.807) is 13.0 Å². The molecule has 0 aliphatic carbocycles. The zero-order valence-corrected chi connectivity index (χ0v) is 8.61. The van der Waals surface area contributed by atoms with E-state index in [1.807, 2.05) is 6.07 Å². The number of benzene rings is 1. The Kier molecular flexibility index (Phi) is 3.69. The van der Waals surface area contributed by atoms with Crippen molar-refractivity contribution in [2.24, 2.45) is 0 Å². The maximum absolute atomic E-state index is 11.4. The fourth-order valence-electron chi connectivity index (χ4n) is 1.12. The van der Waals surface area contributed by atoms with E-state index in [-0.39, 0.29) is 0 Å². The summed E-state index contributed by atoms with van der Waals surface area (Å²) in [6, 6.07) is 6.54. The van der Waals surface area contributed by atoms with Crippen molar-refractivity contribution in [3.8, 4) is 11.8 Å². The van der Waals surface area contributed by atoms with Crippen molar-refractivity contribution < 1.29 is 14.3 Å². The van der Waals surface area contributed by atoms with Gasteiger partial charge in [-0.15, -0.1) is 0 Å². The van der Waals surface area contributed by atoms with Crippen molar-refractivity contribution in [1.82, 2.24) is 0 Å². The van der Waals surface area contributed by atoms with Crippen LogP contribution < -0.4 is 4.74 Å². The van der Waals surface area contributed by atoms with Gasteiger partial charge in [-0.3, -0.25) is 0 Å². The van der Waals surface area contributed by atoms with Crippen molar-refractivity contribution in [2.75, 3.05) is 13.7 Å². The molecule has 4 heteroatoms. The highest BCUT2D eigenvalue weighted by Crippen LogP contribution is 2.19. The van der Waals surface area contributed by atoms with E-state index in [4.69, 9.17) is 14.7 Å². The number of hydrogen-bond acceptors (Lipinski definition) is 4. The smallest absolute Gasteiger partial charge is 0.338 e. The van der Waals surface area contributed by atoms with Gasteiger partial charge in [-0.2, -0.15) is 5.26 Å². The van der Waals surface area contributed by atoms with Gasteiger partial charge in [0.05, 0.1) is 24.8 Å². The van der Waals surface area contributed by atoms with Gasteiger partial charge in [0.25, 0.3) is 0 Å². The first-order valence-corrected chi connectivity index (χ1v) is 4.48. The van der Waals surface area contributed by atoms with Gasteiger partial charge in [-0.05, 0) is 25.1 Å². The van der Waals surface area contributed by atoms with Crippen LogP contribution in [0.3, 0.4) is 0 Å². The monoisotopic (exact) mass is 205 g/mol. The van der Waals surface area contributed by atoms with Crippen LogP contribution in [0.25, 0.3) is 0 Å². The number of carbonyl (C=O) groups is 1. The largest absolute Gasteiger partial charge is 0.495 e. The number of nitriles is 1. The first-order chi connectivity index (χ1) is 7.22. The molecule has 0 saturated heterocycles. The van der Waals surface area contributed by atoms with Crippen molar-refractivity contribution in [2.45, 2.75) is 6.92 Å². The summed E-state index contributed by atoms with van der Waals surface area (Å²) in [6.07, 6.45) is 0. The minimum atomic E-state index is -0.416. The van der Waals surface area contributed by atoms with E-state index >= 15 is 0 Å². The predicted molar refractivity (Wildman–Crippen MR) is 53.7 cm³/mol. The number of esters is 1. The highest BCUT2D eigenvalue weighted by atomic mass is 16.5. The minimum Gasteiger partial charge on any atom is -0.495 e. The van der Waals surface area contributed by atoms with E-state index in [0.717, 1.165) is 0 Å². The Balaban J connectivity index is 3.04. The van der Waals surface area contributed by atoms with Crippen LogP contribution in [0, 0.1) is 11.3 Å². The lowest BCUT2D eigenvalue weighted by atomic mass is 10.1. The normalized spacial score (nSPS) is 9.13. The van der Waals surface area contributed by atoms with E-state index < -0.39 is 5.97 Å². The SMILES string of the molecule is CCOC(=O)c1ccc(C#N)c(OC)c1. The van der Waals surface area contributed by atoms with Gasteiger partial charge in [-0.25, -0.2) is 4.79 Å². The number of hydrogen-bond donors (Lipinski definition) is 0. The van der Waals surface area contributed by atoms with Gasteiger partial charge in [0.15, 0.2) is 0 Å². The van der Waals surface area contributed by atoms with Crippen LogP contribution in [0.4, 0.5) is 0 Å². The van der Waals surface area contributed by atoms with E-state index in [0.29, 0.717) is 23.5 Å². The predicted octanol–water partition coefficient (Wildman–Crippen LogP) is 1.74. The molecule has 0 N–H and O–H groups in total. The quantitative estimate of drug-likeness (QED) is 0.705. The molecule has 0 radical (unpaired) electrons. The molecule has 4 nitrogen and oxygen atoms in total. The third-order valence-corrected chi connectivity index (χ3v) is 1.83. The van der Waals surface area contributed by atoms with Gasteiger partial charge < -0.3 is 9.47 Å². The summed E-state index contributed by atoms with van der Waals surface area (Å²) in [5, 5.41) is 8.74. The summed E-state index contributed by atoms with van der Waals surface area (Å²) >= 11 is 0. The molecule has 0 aromatic heterocycles. The Labute approximate surface area is 88.0 Å². The summed E-state index contributed by atoms with van der Waals surface area (Å²) in [5.41, 5.74) is 0.776. The number of nitrogens with zero attached hydrogens (tertiary/aromatic N) is 1. The van der Waals surface area contributed by atoms with Crippen molar-refractivity contribution in [3.05, 3.63) is 29.3 Å². The highest BCUT2D eigenvalue weighted by molar-refractivity contribution is 5.90.